The zero-order valence-electron chi connectivity index (χ0n) is 11.9. The Morgan fingerprint density at radius 3 is 2.71 bits per heavy atom. The number of epoxide rings is 1. The van der Waals surface area contributed by atoms with Crippen LogP contribution in [0.2, 0.25) is 0 Å². The van der Waals surface area contributed by atoms with Crippen LogP contribution in [0.15, 0.2) is 12.2 Å². The summed E-state index contributed by atoms with van der Waals surface area (Å²) in [6.07, 6.45) is -2.02. The predicted molar refractivity (Wildman–Crippen MR) is 68.1 cm³/mol. The lowest BCUT2D eigenvalue weighted by Crippen LogP contribution is -2.70. The van der Waals surface area contributed by atoms with Gasteiger partial charge in [-0.15, -0.1) is 0 Å². The maximum Gasteiger partial charge on any atom is 0.313 e. The Hall–Kier alpha value is -0.950. The molecule has 6 nitrogen and oxygen atoms in total. The van der Waals surface area contributed by atoms with E-state index in [9.17, 15) is 15.0 Å². The van der Waals surface area contributed by atoms with Gasteiger partial charge < -0.3 is 24.4 Å². The highest BCUT2D eigenvalue weighted by Crippen LogP contribution is 2.74. The molecule has 3 saturated heterocycles. The molecule has 0 spiro atoms. The van der Waals surface area contributed by atoms with E-state index < -0.39 is 52.9 Å². The van der Waals surface area contributed by atoms with Gasteiger partial charge in [-0.25, -0.2) is 0 Å². The minimum absolute atomic E-state index is 0.0985. The molecule has 0 unspecified atom stereocenters. The van der Waals surface area contributed by atoms with Gasteiger partial charge in [0.2, 0.25) is 0 Å². The standard InChI is InChI=1S/C15H18O6/c1-5(2)6-7-12(16)20-8(6)9-13(3)14(17,4-19-9)10-11(21-10)15(7,13)18/h6-11,17-18H,1,4H2,2-3H3/t6-,7+,8-,9+,10+,11-,13-,14+,15-/m1/s1. The summed E-state index contributed by atoms with van der Waals surface area (Å²) in [6.45, 7) is 7.69. The molecule has 2 saturated carbocycles. The van der Waals surface area contributed by atoms with Crippen molar-refractivity contribution in [2.75, 3.05) is 6.61 Å². The molecule has 3 heterocycles. The van der Waals surface area contributed by atoms with Crippen LogP contribution in [0.5, 0.6) is 0 Å². The van der Waals surface area contributed by atoms with Crippen molar-refractivity contribution in [2.45, 2.75) is 49.5 Å². The number of esters is 1. The van der Waals surface area contributed by atoms with E-state index >= 15 is 0 Å². The molecule has 2 bridgehead atoms. The van der Waals surface area contributed by atoms with Crippen LogP contribution in [0.3, 0.4) is 0 Å². The van der Waals surface area contributed by atoms with E-state index in [0.717, 1.165) is 5.57 Å². The Kier molecular flexibility index (Phi) is 1.83. The zero-order chi connectivity index (χ0) is 14.9. The monoisotopic (exact) mass is 294 g/mol. The third-order valence-electron chi connectivity index (χ3n) is 6.74. The fraction of sp³-hybridized carbons (Fsp3) is 0.800. The molecule has 0 amide bonds. The number of ether oxygens (including phenoxy) is 3. The third kappa shape index (κ3) is 0.933. The lowest BCUT2D eigenvalue weighted by molar-refractivity contribution is -0.227. The van der Waals surface area contributed by atoms with Crippen molar-refractivity contribution in [3.63, 3.8) is 0 Å². The van der Waals surface area contributed by atoms with Crippen LogP contribution in [-0.4, -0.2) is 58.4 Å². The summed E-state index contributed by atoms with van der Waals surface area (Å²) in [4.78, 5) is 12.4. The smallest absolute Gasteiger partial charge is 0.313 e. The highest BCUT2D eigenvalue weighted by molar-refractivity contribution is 5.80. The summed E-state index contributed by atoms with van der Waals surface area (Å²) in [5.74, 6) is -1.48. The molecule has 0 aromatic carbocycles. The number of aliphatic hydroxyl groups is 2. The molecular formula is C15H18O6. The topological polar surface area (TPSA) is 88.5 Å². The SMILES string of the molecule is C=C(C)[C@H]1[C@H]2OC(=O)[C@H]1[C@@]1(O)[C@@H]3O[C@@H]3[C@@]3(O)CO[C@@H]2[C@@]13C. The van der Waals surface area contributed by atoms with Crippen molar-refractivity contribution in [3.8, 4) is 0 Å². The molecule has 0 aromatic rings. The van der Waals surface area contributed by atoms with Crippen LogP contribution < -0.4 is 0 Å². The van der Waals surface area contributed by atoms with Crippen molar-refractivity contribution in [1.29, 1.82) is 0 Å². The van der Waals surface area contributed by atoms with E-state index in [4.69, 9.17) is 14.2 Å². The number of hydrogen-bond acceptors (Lipinski definition) is 6. The fourth-order valence-electron chi connectivity index (χ4n) is 5.65. The van der Waals surface area contributed by atoms with Crippen LogP contribution in [0.1, 0.15) is 13.8 Å². The molecule has 5 aliphatic rings. The lowest BCUT2D eigenvalue weighted by Gasteiger charge is -2.53. The summed E-state index contributed by atoms with van der Waals surface area (Å²) in [5.41, 5.74) is -2.90. The molecule has 0 aromatic heterocycles. The van der Waals surface area contributed by atoms with E-state index in [1.54, 1.807) is 6.92 Å². The second-order valence-electron chi connectivity index (χ2n) is 7.41. The first-order valence-corrected chi connectivity index (χ1v) is 7.36. The number of hydrogen-bond donors (Lipinski definition) is 2. The second kappa shape index (κ2) is 3.06. The largest absolute Gasteiger partial charge is 0.459 e. The minimum Gasteiger partial charge on any atom is -0.459 e. The Labute approximate surface area is 121 Å². The van der Waals surface area contributed by atoms with Crippen LogP contribution in [-0.2, 0) is 19.0 Å². The highest BCUT2D eigenvalue weighted by atomic mass is 16.7. The summed E-state index contributed by atoms with van der Waals surface area (Å²) >= 11 is 0. The maximum atomic E-state index is 12.4. The van der Waals surface area contributed by atoms with Gasteiger partial charge in [-0.05, 0) is 6.92 Å². The van der Waals surface area contributed by atoms with E-state index in [1.165, 1.54) is 0 Å². The minimum atomic E-state index is -1.47. The van der Waals surface area contributed by atoms with Gasteiger partial charge in [0.25, 0.3) is 0 Å². The van der Waals surface area contributed by atoms with Gasteiger partial charge in [0.05, 0.1) is 17.9 Å². The summed E-state index contributed by atoms with van der Waals surface area (Å²) in [5, 5.41) is 22.5. The quantitative estimate of drug-likeness (QED) is 0.381. The van der Waals surface area contributed by atoms with E-state index in [1.807, 2.05) is 6.92 Å². The first kappa shape index (κ1) is 12.6. The Balaban J connectivity index is 1.79. The predicted octanol–water partition coefficient (Wildman–Crippen LogP) is -0.618. The van der Waals surface area contributed by atoms with Gasteiger partial charge in [0, 0.05) is 5.92 Å². The maximum absolute atomic E-state index is 12.4. The zero-order valence-corrected chi connectivity index (χ0v) is 11.9. The Morgan fingerprint density at radius 2 is 2.05 bits per heavy atom. The van der Waals surface area contributed by atoms with Crippen molar-refractivity contribution < 1.29 is 29.2 Å². The molecule has 2 N–H and O–H groups in total. The van der Waals surface area contributed by atoms with Gasteiger partial charge >= 0.3 is 5.97 Å². The van der Waals surface area contributed by atoms with Gasteiger partial charge in [0.1, 0.15) is 35.6 Å². The van der Waals surface area contributed by atoms with Crippen molar-refractivity contribution in [1.82, 2.24) is 0 Å². The number of fused-ring (bicyclic) bond motifs is 7. The molecule has 3 aliphatic heterocycles. The molecule has 9 atom stereocenters. The first-order valence-electron chi connectivity index (χ1n) is 7.36. The Bertz CT molecular complexity index is 603. The van der Waals surface area contributed by atoms with Crippen molar-refractivity contribution >= 4 is 5.97 Å². The molecular weight excluding hydrogens is 276 g/mol. The van der Waals surface area contributed by atoms with Crippen LogP contribution in [0, 0.1) is 17.3 Å². The van der Waals surface area contributed by atoms with Gasteiger partial charge in [-0.2, -0.15) is 0 Å². The van der Waals surface area contributed by atoms with Gasteiger partial charge in [-0.1, -0.05) is 19.1 Å². The number of carbonyl (C=O) groups excluding carboxylic acids is 1. The summed E-state index contributed by atoms with van der Waals surface area (Å²) < 4.78 is 16.9. The molecule has 6 heteroatoms. The number of rotatable bonds is 1. The van der Waals surface area contributed by atoms with Crippen molar-refractivity contribution in [2.24, 2.45) is 17.3 Å². The molecule has 0 radical (unpaired) electrons. The van der Waals surface area contributed by atoms with Crippen molar-refractivity contribution in [3.05, 3.63) is 12.2 Å². The molecule has 21 heavy (non-hydrogen) atoms. The van der Waals surface area contributed by atoms with E-state index in [2.05, 4.69) is 6.58 Å². The summed E-state index contributed by atoms with van der Waals surface area (Å²) in [6, 6.07) is 0. The average Bonchev–Trinajstić information content (AvgIpc) is 3.05. The van der Waals surface area contributed by atoms with Crippen LogP contribution in [0.4, 0.5) is 0 Å². The van der Waals surface area contributed by atoms with E-state index in [-0.39, 0.29) is 12.5 Å². The highest BCUT2D eigenvalue weighted by Gasteiger charge is 2.93. The third-order valence-corrected chi connectivity index (χ3v) is 6.74. The van der Waals surface area contributed by atoms with Crippen LogP contribution >= 0.6 is 0 Å². The summed E-state index contributed by atoms with van der Waals surface area (Å²) in [7, 11) is 0. The lowest BCUT2D eigenvalue weighted by atomic mass is 9.52. The van der Waals surface area contributed by atoms with Crippen LogP contribution in [0.25, 0.3) is 0 Å². The normalized spacial score (nSPS) is 65.8. The first-order chi connectivity index (χ1) is 9.78. The number of carbonyl (C=O) groups is 1. The molecule has 114 valence electrons. The molecule has 5 fully saturated rings. The molecule has 2 aliphatic carbocycles. The fourth-order valence-corrected chi connectivity index (χ4v) is 5.65. The second-order valence-corrected chi connectivity index (χ2v) is 7.41. The van der Waals surface area contributed by atoms with Gasteiger partial charge in [0.15, 0.2) is 0 Å². The van der Waals surface area contributed by atoms with Gasteiger partial charge in [-0.3, -0.25) is 4.79 Å². The average molecular weight is 294 g/mol. The Morgan fingerprint density at radius 1 is 1.33 bits per heavy atom. The molecule has 5 rings (SSSR count). The van der Waals surface area contributed by atoms with E-state index in [0.29, 0.717) is 0 Å².